The van der Waals surface area contributed by atoms with Gasteiger partial charge in [-0.05, 0) is 47.2 Å². The van der Waals surface area contributed by atoms with Crippen molar-refractivity contribution in [3.63, 3.8) is 0 Å². The first-order valence-electron chi connectivity index (χ1n) is 5.87. The second-order valence-electron chi connectivity index (χ2n) is 4.74. The van der Waals surface area contributed by atoms with Crippen molar-refractivity contribution >= 4 is 15.9 Å². The van der Waals surface area contributed by atoms with Gasteiger partial charge < -0.3 is 9.52 Å². The molecule has 0 radical (unpaired) electrons. The molecule has 1 aromatic heterocycles. The van der Waals surface area contributed by atoms with E-state index in [2.05, 4.69) is 15.9 Å². The Morgan fingerprint density at radius 2 is 2.11 bits per heavy atom. The second-order valence-corrected chi connectivity index (χ2v) is 5.60. The first-order valence-corrected chi connectivity index (χ1v) is 6.66. The summed E-state index contributed by atoms with van der Waals surface area (Å²) in [5.74, 6) is -1.38. The van der Waals surface area contributed by atoms with Crippen molar-refractivity contribution in [2.75, 3.05) is 0 Å². The molecule has 0 spiro atoms. The summed E-state index contributed by atoms with van der Waals surface area (Å²) in [7, 11) is 0. The van der Waals surface area contributed by atoms with Crippen LogP contribution in [0.4, 0.5) is 13.2 Å². The van der Waals surface area contributed by atoms with Crippen molar-refractivity contribution in [1.29, 1.82) is 0 Å². The highest BCUT2D eigenvalue weighted by molar-refractivity contribution is 9.10. The van der Waals surface area contributed by atoms with Crippen LogP contribution in [0.15, 0.2) is 21.2 Å². The van der Waals surface area contributed by atoms with Gasteiger partial charge in [-0.1, -0.05) is 6.42 Å². The summed E-state index contributed by atoms with van der Waals surface area (Å²) in [6.45, 7) is 0. The number of aliphatic hydroxyl groups is 1. The van der Waals surface area contributed by atoms with E-state index in [1.807, 2.05) is 0 Å². The zero-order chi connectivity index (χ0) is 13.3. The van der Waals surface area contributed by atoms with Crippen LogP contribution in [-0.2, 0) is 0 Å². The van der Waals surface area contributed by atoms with E-state index in [1.165, 1.54) is 6.26 Å². The van der Waals surface area contributed by atoms with Gasteiger partial charge in [-0.3, -0.25) is 0 Å². The molecule has 2 nitrogen and oxygen atoms in total. The second kappa shape index (κ2) is 5.25. The van der Waals surface area contributed by atoms with Gasteiger partial charge in [0, 0.05) is 0 Å². The highest BCUT2D eigenvalue weighted by atomic mass is 79.9. The molecule has 1 saturated carbocycles. The largest absolute Gasteiger partial charge is 0.465 e. The Morgan fingerprint density at radius 3 is 2.67 bits per heavy atom. The number of hydrogen-bond acceptors (Lipinski definition) is 2. The Labute approximate surface area is 111 Å². The van der Waals surface area contributed by atoms with Gasteiger partial charge in [0.2, 0.25) is 0 Å². The van der Waals surface area contributed by atoms with Crippen LogP contribution >= 0.6 is 15.9 Å². The SMILES string of the molecule is OC(c1occc1Br)C1CCCC(C(F)(F)F)C1. The Kier molecular flexibility index (Phi) is 4.06. The fourth-order valence-electron chi connectivity index (χ4n) is 2.54. The zero-order valence-electron chi connectivity index (χ0n) is 9.58. The van der Waals surface area contributed by atoms with Crippen molar-refractivity contribution < 1.29 is 22.7 Å². The van der Waals surface area contributed by atoms with Crippen molar-refractivity contribution in [3.8, 4) is 0 Å². The maximum absolute atomic E-state index is 12.7. The summed E-state index contributed by atoms with van der Waals surface area (Å²) in [6, 6.07) is 1.63. The number of aliphatic hydroxyl groups excluding tert-OH is 1. The van der Waals surface area contributed by atoms with E-state index >= 15 is 0 Å². The van der Waals surface area contributed by atoms with E-state index in [0.717, 1.165) is 0 Å². The molecule has 1 N–H and O–H groups in total. The third kappa shape index (κ3) is 2.91. The highest BCUT2D eigenvalue weighted by Gasteiger charge is 2.44. The molecule has 0 aromatic carbocycles. The van der Waals surface area contributed by atoms with Crippen LogP contribution < -0.4 is 0 Å². The minimum Gasteiger partial charge on any atom is -0.465 e. The van der Waals surface area contributed by atoms with Gasteiger partial charge in [0.1, 0.15) is 11.9 Å². The first kappa shape index (κ1) is 13.9. The molecule has 3 unspecified atom stereocenters. The molecule has 1 aliphatic carbocycles. The van der Waals surface area contributed by atoms with E-state index in [0.29, 0.717) is 23.1 Å². The Balaban J connectivity index is 2.07. The maximum atomic E-state index is 12.7. The summed E-state index contributed by atoms with van der Waals surface area (Å²) in [5.41, 5.74) is 0. The van der Waals surface area contributed by atoms with Gasteiger partial charge >= 0.3 is 6.18 Å². The van der Waals surface area contributed by atoms with Crippen molar-refractivity contribution in [2.24, 2.45) is 11.8 Å². The summed E-state index contributed by atoms with van der Waals surface area (Å²) in [4.78, 5) is 0. The molecule has 1 aliphatic rings. The van der Waals surface area contributed by atoms with Crippen molar-refractivity contribution in [2.45, 2.75) is 38.0 Å². The molecule has 102 valence electrons. The fraction of sp³-hybridized carbons (Fsp3) is 0.667. The summed E-state index contributed by atoms with van der Waals surface area (Å²) in [6.07, 6.45) is -2.51. The third-order valence-electron chi connectivity index (χ3n) is 3.54. The predicted octanol–water partition coefficient (Wildman–Crippen LogP) is 4.44. The molecule has 2 rings (SSSR count). The minimum absolute atomic E-state index is 0.0300. The average Bonchev–Trinajstić information content (AvgIpc) is 2.73. The number of hydrogen-bond donors (Lipinski definition) is 1. The molecular formula is C12H14BrF3O2. The highest BCUT2D eigenvalue weighted by Crippen LogP contribution is 2.44. The molecule has 0 bridgehead atoms. The zero-order valence-corrected chi connectivity index (χ0v) is 11.2. The molecular weight excluding hydrogens is 313 g/mol. The molecule has 0 amide bonds. The van der Waals surface area contributed by atoms with E-state index in [9.17, 15) is 18.3 Å². The summed E-state index contributed by atoms with van der Waals surface area (Å²) < 4.78 is 43.8. The minimum atomic E-state index is -4.17. The van der Waals surface area contributed by atoms with Gasteiger partial charge in [-0.2, -0.15) is 13.2 Å². The summed E-state index contributed by atoms with van der Waals surface area (Å²) in [5, 5.41) is 10.1. The molecule has 0 saturated heterocycles. The Bertz CT molecular complexity index is 402. The van der Waals surface area contributed by atoms with Crippen LogP contribution in [0.2, 0.25) is 0 Å². The lowest BCUT2D eigenvalue weighted by molar-refractivity contribution is -0.189. The van der Waals surface area contributed by atoms with Gasteiger partial charge in [0.25, 0.3) is 0 Å². The van der Waals surface area contributed by atoms with E-state index in [-0.39, 0.29) is 12.8 Å². The van der Waals surface area contributed by atoms with E-state index in [4.69, 9.17) is 4.42 Å². The quantitative estimate of drug-likeness (QED) is 0.871. The lowest BCUT2D eigenvalue weighted by atomic mass is 9.78. The molecule has 1 heterocycles. The van der Waals surface area contributed by atoms with Crippen molar-refractivity contribution in [3.05, 3.63) is 22.6 Å². The average molecular weight is 327 g/mol. The van der Waals surface area contributed by atoms with E-state index in [1.54, 1.807) is 6.07 Å². The molecule has 18 heavy (non-hydrogen) atoms. The maximum Gasteiger partial charge on any atom is 0.391 e. The Morgan fingerprint density at radius 1 is 1.39 bits per heavy atom. The van der Waals surface area contributed by atoms with Crippen LogP contribution in [0.25, 0.3) is 0 Å². The number of rotatable bonds is 2. The van der Waals surface area contributed by atoms with Crippen LogP contribution in [-0.4, -0.2) is 11.3 Å². The van der Waals surface area contributed by atoms with Gasteiger partial charge in [0.15, 0.2) is 0 Å². The van der Waals surface area contributed by atoms with Gasteiger partial charge in [-0.25, -0.2) is 0 Å². The van der Waals surface area contributed by atoms with Gasteiger partial charge in [-0.15, -0.1) is 0 Å². The summed E-state index contributed by atoms with van der Waals surface area (Å²) >= 11 is 3.21. The smallest absolute Gasteiger partial charge is 0.391 e. The number of halogens is 4. The van der Waals surface area contributed by atoms with E-state index < -0.39 is 24.1 Å². The molecule has 6 heteroatoms. The molecule has 0 aliphatic heterocycles. The number of alkyl halides is 3. The first-order chi connectivity index (χ1) is 8.39. The van der Waals surface area contributed by atoms with Crippen LogP contribution in [0.3, 0.4) is 0 Å². The predicted molar refractivity (Wildman–Crippen MR) is 62.9 cm³/mol. The van der Waals surface area contributed by atoms with Crippen LogP contribution in [0.1, 0.15) is 37.5 Å². The standard InChI is InChI=1S/C12H14BrF3O2/c13-9-4-5-18-11(9)10(17)7-2-1-3-8(6-7)12(14,15)16/h4-5,7-8,10,17H,1-3,6H2. The molecule has 1 aromatic rings. The molecule has 1 fully saturated rings. The molecule has 3 atom stereocenters. The normalized spacial score (nSPS) is 27.2. The van der Waals surface area contributed by atoms with Crippen LogP contribution in [0.5, 0.6) is 0 Å². The third-order valence-corrected chi connectivity index (χ3v) is 4.19. The fourth-order valence-corrected chi connectivity index (χ4v) is 2.98. The lowest BCUT2D eigenvalue weighted by Gasteiger charge is -2.32. The van der Waals surface area contributed by atoms with Gasteiger partial charge in [0.05, 0.1) is 16.7 Å². The Hall–Kier alpha value is -0.490. The lowest BCUT2D eigenvalue weighted by Crippen LogP contribution is -2.31. The van der Waals surface area contributed by atoms with Crippen LogP contribution in [0, 0.1) is 11.8 Å². The number of furan rings is 1. The van der Waals surface area contributed by atoms with Crippen molar-refractivity contribution in [1.82, 2.24) is 0 Å². The monoisotopic (exact) mass is 326 g/mol. The topological polar surface area (TPSA) is 33.4 Å².